The molecule has 6 nitrogen and oxygen atoms in total. The van der Waals surface area contributed by atoms with Gasteiger partial charge in [-0.15, -0.1) is 0 Å². The zero-order valence-electron chi connectivity index (χ0n) is 14.2. The maximum absolute atomic E-state index is 13.0. The number of aromatic nitrogens is 3. The summed E-state index contributed by atoms with van der Waals surface area (Å²) < 4.78 is 7.37. The molecule has 1 saturated carbocycles. The summed E-state index contributed by atoms with van der Waals surface area (Å²) in [5, 5.41) is 5.01. The molecule has 1 fully saturated rings. The number of carbonyl (C=O) groups excluding carboxylic acids is 1. The van der Waals surface area contributed by atoms with Crippen LogP contribution < -0.4 is 0 Å². The molecule has 4 aromatic rings. The Bertz CT molecular complexity index is 1090. The van der Waals surface area contributed by atoms with Crippen molar-refractivity contribution in [2.24, 2.45) is 0 Å². The number of carbonyl (C=O) groups is 1. The molecular weight excluding hydrogens is 328 g/mol. The average Bonchev–Trinajstić information content (AvgIpc) is 3.31. The molecule has 26 heavy (non-hydrogen) atoms. The lowest BCUT2D eigenvalue weighted by atomic mass is 10.1. The van der Waals surface area contributed by atoms with Crippen LogP contribution in [0.15, 0.2) is 59.4 Å². The van der Waals surface area contributed by atoms with E-state index in [9.17, 15) is 4.79 Å². The Kier molecular flexibility index (Phi) is 3.48. The second kappa shape index (κ2) is 5.98. The SMILES string of the molecule is O=C(Cc1noc2ccccc12)N(Cc1cnc2ccccn12)C1CC1. The van der Waals surface area contributed by atoms with Crippen molar-refractivity contribution < 1.29 is 9.32 Å². The first-order chi connectivity index (χ1) is 12.8. The summed E-state index contributed by atoms with van der Waals surface area (Å²) in [6, 6.07) is 13.9. The van der Waals surface area contributed by atoms with E-state index in [2.05, 4.69) is 10.1 Å². The van der Waals surface area contributed by atoms with E-state index in [0.717, 1.165) is 35.2 Å². The summed E-state index contributed by atoms with van der Waals surface area (Å²) in [5.41, 5.74) is 3.34. The van der Waals surface area contributed by atoms with Gasteiger partial charge < -0.3 is 13.8 Å². The first kappa shape index (κ1) is 15.1. The minimum absolute atomic E-state index is 0.0810. The highest BCUT2D eigenvalue weighted by Gasteiger charge is 2.33. The largest absolute Gasteiger partial charge is 0.356 e. The number of rotatable bonds is 5. The molecule has 0 unspecified atom stereocenters. The van der Waals surface area contributed by atoms with E-state index in [1.807, 2.05) is 64.2 Å². The topological polar surface area (TPSA) is 63.6 Å². The van der Waals surface area contributed by atoms with Gasteiger partial charge in [0.05, 0.1) is 24.9 Å². The third kappa shape index (κ3) is 2.63. The minimum atomic E-state index is 0.0810. The fourth-order valence-electron chi connectivity index (χ4n) is 3.39. The van der Waals surface area contributed by atoms with Gasteiger partial charge in [-0.25, -0.2) is 4.98 Å². The van der Waals surface area contributed by atoms with Gasteiger partial charge in [-0.1, -0.05) is 23.4 Å². The highest BCUT2D eigenvalue weighted by atomic mass is 16.5. The normalized spacial score (nSPS) is 14.2. The molecule has 0 atom stereocenters. The lowest BCUT2D eigenvalue weighted by molar-refractivity contribution is -0.131. The number of pyridine rings is 1. The molecule has 0 spiro atoms. The Hall–Kier alpha value is -3.15. The van der Waals surface area contributed by atoms with Gasteiger partial charge in [-0.05, 0) is 37.1 Å². The Morgan fingerprint density at radius 1 is 1.19 bits per heavy atom. The van der Waals surface area contributed by atoms with Crippen LogP contribution in [0.3, 0.4) is 0 Å². The van der Waals surface area contributed by atoms with Crippen LogP contribution in [0.2, 0.25) is 0 Å². The van der Waals surface area contributed by atoms with E-state index in [-0.39, 0.29) is 12.3 Å². The molecule has 0 aliphatic heterocycles. The summed E-state index contributed by atoms with van der Waals surface area (Å²) in [5.74, 6) is 0.0810. The molecule has 6 heteroatoms. The summed E-state index contributed by atoms with van der Waals surface area (Å²) in [6.45, 7) is 0.560. The van der Waals surface area contributed by atoms with E-state index in [1.54, 1.807) is 0 Å². The van der Waals surface area contributed by atoms with E-state index in [1.165, 1.54) is 0 Å². The molecular formula is C20H18N4O2. The highest BCUT2D eigenvalue weighted by molar-refractivity contribution is 5.86. The molecule has 1 aliphatic rings. The van der Waals surface area contributed by atoms with Crippen LogP contribution in [-0.2, 0) is 17.8 Å². The van der Waals surface area contributed by atoms with E-state index < -0.39 is 0 Å². The van der Waals surface area contributed by atoms with Crippen LogP contribution in [0.1, 0.15) is 24.2 Å². The van der Waals surface area contributed by atoms with Gasteiger partial charge in [-0.2, -0.15) is 0 Å². The van der Waals surface area contributed by atoms with Crippen LogP contribution in [0.5, 0.6) is 0 Å². The average molecular weight is 346 g/mol. The van der Waals surface area contributed by atoms with Gasteiger partial charge in [0, 0.05) is 17.6 Å². The smallest absolute Gasteiger partial charge is 0.229 e. The van der Waals surface area contributed by atoms with Crippen molar-refractivity contribution in [1.82, 2.24) is 19.4 Å². The maximum Gasteiger partial charge on any atom is 0.229 e. The molecule has 3 aromatic heterocycles. The zero-order valence-corrected chi connectivity index (χ0v) is 14.2. The first-order valence-corrected chi connectivity index (χ1v) is 8.83. The predicted molar refractivity (Wildman–Crippen MR) is 96.5 cm³/mol. The second-order valence-electron chi connectivity index (χ2n) is 6.73. The summed E-state index contributed by atoms with van der Waals surface area (Å²) in [4.78, 5) is 19.4. The zero-order chi connectivity index (χ0) is 17.5. The monoisotopic (exact) mass is 346 g/mol. The number of amides is 1. The third-order valence-corrected chi connectivity index (χ3v) is 4.90. The van der Waals surface area contributed by atoms with Gasteiger partial charge in [-0.3, -0.25) is 4.79 Å². The second-order valence-corrected chi connectivity index (χ2v) is 6.73. The van der Waals surface area contributed by atoms with Gasteiger partial charge in [0.2, 0.25) is 5.91 Å². The van der Waals surface area contributed by atoms with Crippen molar-refractivity contribution >= 4 is 22.5 Å². The van der Waals surface area contributed by atoms with Crippen molar-refractivity contribution in [3.05, 3.63) is 66.2 Å². The van der Waals surface area contributed by atoms with Crippen LogP contribution in [0.4, 0.5) is 0 Å². The van der Waals surface area contributed by atoms with Crippen molar-refractivity contribution in [2.45, 2.75) is 31.8 Å². The molecule has 0 saturated heterocycles. The lowest BCUT2D eigenvalue weighted by Crippen LogP contribution is -2.34. The first-order valence-electron chi connectivity index (χ1n) is 8.83. The molecule has 5 rings (SSSR count). The minimum Gasteiger partial charge on any atom is -0.356 e. The van der Waals surface area contributed by atoms with E-state index in [0.29, 0.717) is 18.3 Å². The standard InChI is InChI=1S/C20H18N4O2/c25-20(11-17-16-5-1-2-6-18(16)26-22-17)24(14-8-9-14)13-15-12-21-19-7-3-4-10-23(15)19/h1-7,10,12,14H,8-9,11,13H2. The number of nitrogens with zero attached hydrogens (tertiary/aromatic N) is 4. The molecule has 0 N–H and O–H groups in total. The van der Waals surface area contributed by atoms with Crippen LogP contribution >= 0.6 is 0 Å². The van der Waals surface area contributed by atoms with Crippen LogP contribution in [0, 0.1) is 0 Å². The molecule has 1 aromatic carbocycles. The fourth-order valence-corrected chi connectivity index (χ4v) is 3.39. The Morgan fingerprint density at radius 2 is 2.04 bits per heavy atom. The lowest BCUT2D eigenvalue weighted by Gasteiger charge is -2.22. The van der Waals surface area contributed by atoms with Gasteiger partial charge >= 0.3 is 0 Å². The summed E-state index contributed by atoms with van der Waals surface area (Å²) in [7, 11) is 0. The highest BCUT2D eigenvalue weighted by Crippen LogP contribution is 2.30. The Balaban J connectivity index is 1.41. The van der Waals surface area contributed by atoms with Gasteiger partial charge in [0.1, 0.15) is 11.3 Å². The number of hydrogen-bond acceptors (Lipinski definition) is 4. The molecule has 0 radical (unpaired) electrons. The van der Waals surface area contributed by atoms with Gasteiger partial charge in [0.25, 0.3) is 0 Å². The third-order valence-electron chi connectivity index (χ3n) is 4.90. The molecule has 1 amide bonds. The van der Waals surface area contributed by atoms with E-state index >= 15 is 0 Å². The number of para-hydroxylation sites is 1. The molecule has 3 heterocycles. The van der Waals surface area contributed by atoms with Crippen LogP contribution in [0.25, 0.3) is 16.6 Å². The Labute approximate surface area is 150 Å². The number of fused-ring (bicyclic) bond motifs is 2. The van der Waals surface area contributed by atoms with Crippen molar-refractivity contribution in [1.29, 1.82) is 0 Å². The molecule has 130 valence electrons. The van der Waals surface area contributed by atoms with Crippen molar-refractivity contribution in [3.63, 3.8) is 0 Å². The summed E-state index contributed by atoms with van der Waals surface area (Å²) >= 11 is 0. The molecule has 1 aliphatic carbocycles. The molecule has 0 bridgehead atoms. The number of hydrogen-bond donors (Lipinski definition) is 0. The maximum atomic E-state index is 13.0. The van der Waals surface area contributed by atoms with E-state index in [4.69, 9.17) is 4.52 Å². The van der Waals surface area contributed by atoms with Gasteiger partial charge in [0.15, 0.2) is 5.58 Å². The number of imidazole rings is 1. The number of benzene rings is 1. The summed E-state index contributed by atoms with van der Waals surface area (Å²) in [6.07, 6.45) is 6.20. The Morgan fingerprint density at radius 3 is 2.92 bits per heavy atom. The fraction of sp³-hybridized carbons (Fsp3) is 0.250. The van der Waals surface area contributed by atoms with Crippen LogP contribution in [-0.4, -0.2) is 31.4 Å². The quantitative estimate of drug-likeness (QED) is 0.557. The predicted octanol–water partition coefficient (Wildman–Crippen LogP) is 3.21. The van der Waals surface area contributed by atoms with Crippen molar-refractivity contribution in [3.8, 4) is 0 Å². The van der Waals surface area contributed by atoms with Crippen molar-refractivity contribution in [2.75, 3.05) is 0 Å².